The van der Waals surface area contributed by atoms with Crippen LogP contribution in [0, 0.1) is 0 Å². The molecule has 0 aliphatic carbocycles. The zero-order valence-electron chi connectivity index (χ0n) is 28.4. The summed E-state index contributed by atoms with van der Waals surface area (Å²) in [7, 11) is 0. The van der Waals surface area contributed by atoms with E-state index in [1.54, 1.807) is 0 Å². The average Bonchev–Trinajstić information content (AvgIpc) is 3.73. The molecule has 0 spiro atoms. The van der Waals surface area contributed by atoms with E-state index in [4.69, 9.17) is 0 Å². The summed E-state index contributed by atoms with van der Waals surface area (Å²) in [6.45, 7) is 0. The Morgan fingerprint density at radius 3 is 1.31 bits per heavy atom. The van der Waals surface area contributed by atoms with Crippen LogP contribution in [0.4, 0.5) is 0 Å². The van der Waals surface area contributed by atoms with Crippen molar-refractivity contribution in [3.8, 4) is 33.6 Å². The Balaban J connectivity index is 1.29. The van der Waals surface area contributed by atoms with E-state index in [0.29, 0.717) is 0 Å². The first-order valence-electron chi connectivity index (χ1n) is 17.9. The van der Waals surface area contributed by atoms with Crippen molar-refractivity contribution in [1.29, 1.82) is 0 Å². The number of benzene rings is 9. The molecule has 2 aromatic heterocycles. The topological polar surface area (TPSA) is 9.86 Å². The summed E-state index contributed by atoms with van der Waals surface area (Å²) >= 11 is 0. The second kappa shape index (κ2) is 11.3. The molecule has 0 saturated heterocycles. The first-order valence-corrected chi connectivity index (χ1v) is 17.9. The molecule has 11 rings (SSSR count). The number of aromatic nitrogens is 2. The van der Waals surface area contributed by atoms with Crippen molar-refractivity contribution in [3.05, 3.63) is 194 Å². The number of nitrogens with zero attached hydrogens (tertiary/aromatic N) is 2. The lowest BCUT2D eigenvalue weighted by molar-refractivity contribution is 1.18. The Morgan fingerprint density at radius 2 is 0.712 bits per heavy atom. The quantitative estimate of drug-likeness (QED) is 0.178. The van der Waals surface area contributed by atoms with Crippen molar-refractivity contribution in [1.82, 2.24) is 9.13 Å². The highest BCUT2D eigenvalue weighted by atomic mass is 15.0. The van der Waals surface area contributed by atoms with Crippen LogP contribution < -0.4 is 0 Å². The van der Waals surface area contributed by atoms with Crippen LogP contribution in [-0.2, 0) is 0 Å². The first-order chi connectivity index (χ1) is 25.8. The van der Waals surface area contributed by atoms with Crippen molar-refractivity contribution in [2.45, 2.75) is 0 Å². The normalized spacial score (nSPS) is 11.8. The molecule has 9 aromatic carbocycles. The number of rotatable bonds is 4. The summed E-state index contributed by atoms with van der Waals surface area (Å²) in [6, 6.07) is 71.1. The van der Waals surface area contributed by atoms with Gasteiger partial charge in [-0.05, 0) is 98.4 Å². The Labute approximate surface area is 301 Å². The van der Waals surface area contributed by atoms with Gasteiger partial charge in [0.2, 0.25) is 0 Å². The Bertz CT molecular complexity index is 3160. The van der Waals surface area contributed by atoms with Crippen molar-refractivity contribution in [2.24, 2.45) is 0 Å². The molecule has 0 amide bonds. The van der Waals surface area contributed by atoms with Crippen molar-refractivity contribution >= 4 is 65.2 Å². The largest absolute Gasteiger partial charge is 0.309 e. The van der Waals surface area contributed by atoms with Crippen LogP contribution >= 0.6 is 0 Å². The van der Waals surface area contributed by atoms with Crippen molar-refractivity contribution < 1.29 is 0 Å². The van der Waals surface area contributed by atoms with E-state index in [0.717, 1.165) is 11.4 Å². The van der Waals surface area contributed by atoms with Crippen LogP contribution in [-0.4, -0.2) is 9.13 Å². The third-order valence-corrected chi connectivity index (χ3v) is 10.9. The molecule has 52 heavy (non-hydrogen) atoms. The van der Waals surface area contributed by atoms with E-state index in [1.165, 1.54) is 87.4 Å². The highest BCUT2D eigenvalue weighted by Gasteiger charge is 2.22. The molecule has 2 heterocycles. The summed E-state index contributed by atoms with van der Waals surface area (Å²) in [5, 5.41) is 10.00. The van der Waals surface area contributed by atoms with Gasteiger partial charge in [-0.15, -0.1) is 0 Å². The summed E-state index contributed by atoms with van der Waals surface area (Å²) in [4.78, 5) is 0. The standard InChI is InChI=1S/C50H32N2/c1-3-11-33(12-4-1)39-22-26-45-44(31-39)50-47(51(45)41-23-19-35-15-7-9-17-37(35)29-41)28-27-46-49(50)43-25-21-40(34-13-5-2-6-14-34)32-48(43)52(46)42-24-20-36-16-8-10-18-38(36)30-42/h1-32H. The fraction of sp³-hybridized carbons (Fsp3) is 0. The van der Waals surface area contributed by atoms with E-state index in [9.17, 15) is 0 Å². The van der Waals surface area contributed by atoms with Crippen LogP contribution in [0.25, 0.3) is 98.8 Å². The minimum absolute atomic E-state index is 1.16. The lowest BCUT2D eigenvalue weighted by Gasteiger charge is -2.11. The number of hydrogen-bond donors (Lipinski definition) is 0. The van der Waals surface area contributed by atoms with Gasteiger partial charge in [0, 0.05) is 32.9 Å². The zero-order valence-corrected chi connectivity index (χ0v) is 28.4. The van der Waals surface area contributed by atoms with E-state index >= 15 is 0 Å². The van der Waals surface area contributed by atoms with Crippen LogP contribution in [0.15, 0.2) is 194 Å². The third-order valence-electron chi connectivity index (χ3n) is 10.9. The second-order valence-electron chi connectivity index (χ2n) is 13.8. The lowest BCUT2D eigenvalue weighted by Crippen LogP contribution is -1.95. The summed E-state index contributed by atoms with van der Waals surface area (Å²) in [5.41, 5.74) is 12.0. The Morgan fingerprint density at radius 1 is 0.250 bits per heavy atom. The highest BCUT2D eigenvalue weighted by Crippen LogP contribution is 2.44. The molecule has 2 heteroatoms. The predicted octanol–water partition coefficient (Wildman–Crippen LogP) is 13.5. The maximum atomic E-state index is 2.48. The molecule has 0 bridgehead atoms. The van der Waals surface area contributed by atoms with Crippen LogP contribution in [0.5, 0.6) is 0 Å². The molecule has 0 atom stereocenters. The smallest absolute Gasteiger partial charge is 0.0548 e. The molecule has 11 aromatic rings. The zero-order chi connectivity index (χ0) is 34.2. The van der Waals surface area contributed by atoms with Gasteiger partial charge in [-0.1, -0.05) is 140 Å². The van der Waals surface area contributed by atoms with Gasteiger partial charge in [0.1, 0.15) is 0 Å². The van der Waals surface area contributed by atoms with Crippen LogP contribution in [0.2, 0.25) is 0 Å². The molecular formula is C50H32N2. The fourth-order valence-electron chi connectivity index (χ4n) is 8.43. The van der Waals surface area contributed by atoms with Gasteiger partial charge < -0.3 is 9.13 Å². The highest BCUT2D eigenvalue weighted by molar-refractivity contribution is 6.29. The minimum atomic E-state index is 1.16. The maximum absolute atomic E-state index is 2.48. The fourth-order valence-corrected chi connectivity index (χ4v) is 8.43. The van der Waals surface area contributed by atoms with Gasteiger partial charge >= 0.3 is 0 Å². The summed E-state index contributed by atoms with van der Waals surface area (Å²) < 4.78 is 4.94. The van der Waals surface area contributed by atoms with Gasteiger partial charge in [-0.25, -0.2) is 0 Å². The van der Waals surface area contributed by atoms with Gasteiger partial charge in [0.05, 0.1) is 22.1 Å². The minimum Gasteiger partial charge on any atom is -0.309 e. The number of hydrogen-bond acceptors (Lipinski definition) is 0. The second-order valence-corrected chi connectivity index (χ2v) is 13.8. The molecule has 0 aliphatic heterocycles. The molecule has 2 nitrogen and oxygen atoms in total. The van der Waals surface area contributed by atoms with Crippen molar-refractivity contribution in [2.75, 3.05) is 0 Å². The van der Waals surface area contributed by atoms with Crippen LogP contribution in [0.3, 0.4) is 0 Å². The van der Waals surface area contributed by atoms with Gasteiger partial charge in [-0.3, -0.25) is 0 Å². The Kier molecular flexibility index (Phi) is 6.28. The summed E-state index contributed by atoms with van der Waals surface area (Å²) in [5.74, 6) is 0. The molecule has 0 unspecified atom stereocenters. The number of fused-ring (bicyclic) bond motifs is 9. The van der Waals surface area contributed by atoms with Crippen LogP contribution in [0.1, 0.15) is 0 Å². The van der Waals surface area contributed by atoms with E-state index in [-0.39, 0.29) is 0 Å². The SMILES string of the molecule is c1ccc(-c2ccc3c(c2)c2c4c5ccc(-c6ccccc6)cc5n(-c5ccc6ccccc6c5)c4ccc2n3-c2ccc3ccccc3c2)cc1. The molecule has 0 saturated carbocycles. The van der Waals surface area contributed by atoms with Gasteiger partial charge in [-0.2, -0.15) is 0 Å². The first kappa shape index (κ1) is 28.9. The van der Waals surface area contributed by atoms with E-state index in [1.807, 2.05) is 0 Å². The van der Waals surface area contributed by atoms with Gasteiger partial charge in [0.25, 0.3) is 0 Å². The van der Waals surface area contributed by atoms with E-state index < -0.39 is 0 Å². The summed E-state index contributed by atoms with van der Waals surface area (Å²) in [6.07, 6.45) is 0. The predicted molar refractivity (Wildman–Crippen MR) is 221 cm³/mol. The monoisotopic (exact) mass is 660 g/mol. The molecule has 0 N–H and O–H groups in total. The van der Waals surface area contributed by atoms with Gasteiger partial charge in [0.15, 0.2) is 0 Å². The lowest BCUT2D eigenvalue weighted by atomic mass is 9.99. The average molecular weight is 661 g/mol. The van der Waals surface area contributed by atoms with E-state index in [2.05, 4.69) is 203 Å². The molecule has 242 valence electrons. The molecule has 0 fully saturated rings. The third kappa shape index (κ3) is 4.38. The van der Waals surface area contributed by atoms with Crippen molar-refractivity contribution in [3.63, 3.8) is 0 Å². The Hall–Kier alpha value is -6.90. The maximum Gasteiger partial charge on any atom is 0.0548 e. The molecular weight excluding hydrogens is 629 g/mol. The molecule has 0 aliphatic rings. The molecule has 0 radical (unpaired) electrons.